The van der Waals surface area contributed by atoms with Gasteiger partial charge < -0.3 is 15.0 Å². The lowest BCUT2D eigenvalue weighted by Gasteiger charge is -2.24. The van der Waals surface area contributed by atoms with Gasteiger partial charge in [-0.25, -0.2) is 4.79 Å². The molecule has 234 valence electrons. The van der Waals surface area contributed by atoms with Gasteiger partial charge in [0.2, 0.25) is 0 Å². The van der Waals surface area contributed by atoms with Gasteiger partial charge in [-0.15, -0.1) is 0 Å². The monoisotopic (exact) mass is 553 g/mol. The van der Waals surface area contributed by atoms with E-state index in [1.807, 2.05) is 20.8 Å². The fourth-order valence-electron chi connectivity index (χ4n) is 5.32. The van der Waals surface area contributed by atoms with Crippen LogP contribution in [-0.4, -0.2) is 42.8 Å². The topological polar surface area (TPSA) is 41.6 Å². The molecule has 4 heteroatoms. The molecule has 1 N–H and O–H groups in total. The Labute approximate surface area is 246 Å². The molecule has 0 atom stereocenters. The molecule has 0 fully saturated rings. The average Bonchev–Trinajstić information content (AvgIpc) is 2.88. The average molecular weight is 553 g/mol. The molecule has 0 radical (unpaired) electrons. The summed E-state index contributed by atoms with van der Waals surface area (Å²) in [5, 5.41) is 2.96. The van der Waals surface area contributed by atoms with Gasteiger partial charge in [0.1, 0.15) is 5.60 Å². The Kier molecular flexibility index (Phi) is 28.2. The minimum Gasteiger partial charge on any atom is -0.444 e. The van der Waals surface area contributed by atoms with Crippen molar-refractivity contribution >= 4 is 6.09 Å². The summed E-state index contributed by atoms with van der Waals surface area (Å²) in [6.45, 7) is 14.2. The molecular weight excluding hydrogens is 480 g/mol. The summed E-state index contributed by atoms with van der Waals surface area (Å²) >= 11 is 0. The Bertz CT molecular complexity index is 475. The van der Waals surface area contributed by atoms with Crippen molar-refractivity contribution < 1.29 is 9.53 Å². The lowest BCUT2D eigenvalue weighted by atomic mass is 10.0. The molecule has 0 saturated heterocycles. The van der Waals surface area contributed by atoms with Crippen molar-refractivity contribution in [2.45, 2.75) is 194 Å². The molecule has 0 bridgehead atoms. The molecule has 0 aliphatic rings. The van der Waals surface area contributed by atoms with Crippen molar-refractivity contribution in [2.75, 3.05) is 26.2 Å². The van der Waals surface area contributed by atoms with Crippen LogP contribution in [0.2, 0.25) is 0 Å². The third kappa shape index (κ3) is 31.6. The van der Waals surface area contributed by atoms with E-state index in [0.29, 0.717) is 6.54 Å². The van der Waals surface area contributed by atoms with Gasteiger partial charge in [0.25, 0.3) is 0 Å². The highest BCUT2D eigenvalue weighted by Crippen LogP contribution is 2.14. The second-order valence-corrected chi connectivity index (χ2v) is 13.0. The largest absolute Gasteiger partial charge is 0.444 e. The number of alkyl carbamates (subject to hydrolysis) is 1. The number of ether oxygens (including phenoxy) is 1. The van der Waals surface area contributed by atoms with Gasteiger partial charge in [-0.1, -0.05) is 155 Å². The highest BCUT2D eigenvalue weighted by Gasteiger charge is 2.16. The number of hydrogen-bond donors (Lipinski definition) is 1. The van der Waals surface area contributed by atoms with Crippen LogP contribution in [0.15, 0.2) is 0 Å². The molecule has 0 unspecified atom stereocenters. The van der Waals surface area contributed by atoms with Crippen molar-refractivity contribution in [1.29, 1.82) is 0 Å². The van der Waals surface area contributed by atoms with Crippen LogP contribution < -0.4 is 5.32 Å². The van der Waals surface area contributed by atoms with E-state index in [1.54, 1.807) is 0 Å². The smallest absolute Gasteiger partial charge is 0.407 e. The minimum atomic E-state index is -0.437. The predicted molar refractivity (Wildman–Crippen MR) is 173 cm³/mol. The third-order valence-electron chi connectivity index (χ3n) is 7.75. The number of hydrogen-bond acceptors (Lipinski definition) is 3. The summed E-state index contributed by atoms with van der Waals surface area (Å²) in [6.07, 6.45) is 33.1. The summed E-state index contributed by atoms with van der Waals surface area (Å²) in [7, 11) is 0. The molecule has 0 aliphatic heterocycles. The van der Waals surface area contributed by atoms with Gasteiger partial charge in [0, 0.05) is 13.1 Å². The van der Waals surface area contributed by atoms with Crippen LogP contribution in [0.4, 0.5) is 4.79 Å². The summed E-state index contributed by atoms with van der Waals surface area (Å²) in [4.78, 5) is 14.6. The molecule has 0 aromatic carbocycles. The van der Waals surface area contributed by atoms with E-state index in [4.69, 9.17) is 4.74 Å². The Morgan fingerprint density at radius 3 is 1.13 bits per heavy atom. The lowest BCUT2D eigenvalue weighted by molar-refractivity contribution is 0.0521. The zero-order chi connectivity index (χ0) is 28.9. The van der Waals surface area contributed by atoms with Crippen molar-refractivity contribution in [3.63, 3.8) is 0 Å². The Morgan fingerprint density at radius 1 is 0.513 bits per heavy atom. The number of amides is 1. The molecular formula is C35H72N2O2. The number of carbonyl (C=O) groups excluding carboxylic acids is 1. The van der Waals surface area contributed by atoms with Crippen LogP contribution in [0, 0.1) is 0 Å². The van der Waals surface area contributed by atoms with Crippen molar-refractivity contribution in [2.24, 2.45) is 0 Å². The molecule has 39 heavy (non-hydrogen) atoms. The third-order valence-corrected chi connectivity index (χ3v) is 7.75. The van der Waals surface area contributed by atoms with Crippen molar-refractivity contribution in [1.82, 2.24) is 10.2 Å². The van der Waals surface area contributed by atoms with Crippen molar-refractivity contribution in [3.8, 4) is 0 Å². The van der Waals surface area contributed by atoms with E-state index >= 15 is 0 Å². The van der Waals surface area contributed by atoms with Gasteiger partial charge in [0.05, 0.1) is 0 Å². The van der Waals surface area contributed by atoms with Gasteiger partial charge in [-0.3, -0.25) is 0 Å². The van der Waals surface area contributed by atoms with Gasteiger partial charge in [0.15, 0.2) is 0 Å². The first-order valence-electron chi connectivity index (χ1n) is 17.6. The second kappa shape index (κ2) is 28.7. The zero-order valence-electron chi connectivity index (χ0n) is 27.6. The van der Waals surface area contributed by atoms with Crippen LogP contribution in [-0.2, 0) is 4.74 Å². The number of nitrogens with zero attached hydrogens (tertiary/aromatic N) is 1. The molecule has 1 amide bonds. The molecule has 0 spiro atoms. The molecule has 0 aliphatic carbocycles. The predicted octanol–water partition coefficient (Wildman–Crippen LogP) is 11.2. The van der Waals surface area contributed by atoms with Crippen LogP contribution in [0.5, 0.6) is 0 Å². The maximum Gasteiger partial charge on any atom is 0.407 e. The number of carbonyl (C=O) groups is 1. The highest BCUT2D eigenvalue weighted by molar-refractivity contribution is 5.67. The van der Waals surface area contributed by atoms with Crippen LogP contribution >= 0.6 is 0 Å². The van der Waals surface area contributed by atoms with E-state index < -0.39 is 5.60 Å². The quantitative estimate of drug-likeness (QED) is 0.0938. The Morgan fingerprint density at radius 2 is 0.821 bits per heavy atom. The van der Waals surface area contributed by atoms with E-state index in [9.17, 15) is 4.79 Å². The highest BCUT2D eigenvalue weighted by atomic mass is 16.6. The summed E-state index contributed by atoms with van der Waals surface area (Å²) in [5.41, 5.74) is -0.437. The zero-order valence-corrected chi connectivity index (χ0v) is 27.6. The summed E-state index contributed by atoms with van der Waals surface area (Å²) < 4.78 is 5.41. The second-order valence-electron chi connectivity index (χ2n) is 13.0. The first-order valence-corrected chi connectivity index (χ1v) is 17.6. The standard InChI is InChI=1S/C35H72N2O2/c1-6-8-10-12-14-16-18-20-22-24-26-28-31-37(33-30-36-34(38)39-35(3,4)5)32-29-27-25-23-21-19-17-15-13-11-9-7-2/h6-33H2,1-5H3,(H,36,38). The lowest BCUT2D eigenvalue weighted by Crippen LogP contribution is -2.38. The van der Waals surface area contributed by atoms with E-state index in [2.05, 4.69) is 24.1 Å². The normalized spacial score (nSPS) is 11.8. The molecule has 0 heterocycles. The number of unbranched alkanes of at least 4 members (excludes halogenated alkanes) is 22. The Hall–Kier alpha value is -0.770. The minimum absolute atomic E-state index is 0.293. The fourth-order valence-corrected chi connectivity index (χ4v) is 5.32. The number of nitrogens with one attached hydrogen (secondary N) is 1. The van der Waals surface area contributed by atoms with E-state index in [1.165, 1.54) is 154 Å². The van der Waals surface area contributed by atoms with Gasteiger partial charge in [-0.05, 0) is 46.7 Å². The number of rotatable bonds is 29. The first kappa shape index (κ1) is 38.2. The van der Waals surface area contributed by atoms with Gasteiger partial charge in [-0.2, -0.15) is 0 Å². The summed E-state index contributed by atoms with van der Waals surface area (Å²) in [5.74, 6) is 0. The molecule has 0 rings (SSSR count). The van der Waals surface area contributed by atoms with Crippen molar-refractivity contribution in [3.05, 3.63) is 0 Å². The maximum absolute atomic E-state index is 12.0. The van der Waals surface area contributed by atoms with E-state index in [-0.39, 0.29) is 6.09 Å². The molecule has 0 aromatic heterocycles. The van der Waals surface area contributed by atoms with E-state index in [0.717, 1.165) is 19.6 Å². The Balaban J connectivity index is 3.98. The molecule has 0 saturated carbocycles. The SMILES string of the molecule is CCCCCCCCCCCCCCN(CCCCCCCCCCCCCC)CCNC(=O)OC(C)(C)C. The molecule has 4 nitrogen and oxygen atoms in total. The fraction of sp³-hybridized carbons (Fsp3) is 0.971. The van der Waals surface area contributed by atoms with Crippen LogP contribution in [0.1, 0.15) is 189 Å². The van der Waals surface area contributed by atoms with Crippen LogP contribution in [0.25, 0.3) is 0 Å². The summed E-state index contributed by atoms with van der Waals surface area (Å²) in [6, 6.07) is 0. The maximum atomic E-state index is 12.0. The van der Waals surface area contributed by atoms with Crippen LogP contribution in [0.3, 0.4) is 0 Å². The first-order chi connectivity index (χ1) is 18.9. The van der Waals surface area contributed by atoms with Gasteiger partial charge >= 0.3 is 6.09 Å². The molecule has 0 aromatic rings.